The van der Waals surface area contributed by atoms with Crippen LogP contribution in [-0.4, -0.2) is 52.9 Å². The number of nitrogens with zero attached hydrogens (tertiary/aromatic N) is 7. The maximum absolute atomic E-state index is 13.3. The van der Waals surface area contributed by atoms with E-state index >= 15 is 0 Å². The monoisotopic (exact) mass is 550 g/mol. The fraction of sp³-hybridized carbons (Fsp3) is 0.0741. The highest BCUT2D eigenvalue weighted by atomic mass is 16.4. The zero-order valence-electron chi connectivity index (χ0n) is 20.8. The topological polar surface area (TPSA) is 216 Å². The first-order chi connectivity index (χ1) is 19.8. The van der Waals surface area contributed by atoms with Crippen LogP contribution in [0.25, 0.3) is 5.95 Å². The largest absolute Gasteiger partial charge is 0.505 e. The molecule has 4 N–H and O–H groups in total. The van der Waals surface area contributed by atoms with Crippen LogP contribution in [0, 0.1) is 17.2 Å². The van der Waals surface area contributed by atoms with Crippen molar-refractivity contribution >= 4 is 29.4 Å². The summed E-state index contributed by atoms with van der Waals surface area (Å²) in [6, 6.07) is 6.74. The van der Waals surface area contributed by atoms with E-state index in [1.54, 1.807) is 30.4 Å². The third kappa shape index (κ3) is 5.22. The van der Waals surface area contributed by atoms with Gasteiger partial charge in [-0.1, -0.05) is 24.3 Å². The molecule has 1 atom stereocenters. The van der Waals surface area contributed by atoms with Gasteiger partial charge >= 0.3 is 11.9 Å². The molecule has 2 aliphatic rings. The Hall–Kier alpha value is -6.23. The molecular formula is C27H18N8O6. The predicted molar refractivity (Wildman–Crippen MR) is 140 cm³/mol. The van der Waals surface area contributed by atoms with Gasteiger partial charge in [-0.25, -0.2) is 19.6 Å². The molecular weight excluding hydrogens is 532 g/mol. The van der Waals surface area contributed by atoms with Crippen LogP contribution < -0.4 is 5.32 Å². The highest BCUT2D eigenvalue weighted by Crippen LogP contribution is 2.39. The molecule has 1 aromatic carbocycles. The van der Waals surface area contributed by atoms with E-state index in [9.17, 15) is 35.0 Å². The number of nitrogens with one attached hydrogen (secondary N) is 1. The van der Waals surface area contributed by atoms with Gasteiger partial charge in [0.05, 0.1) is 22.9 Å². The Kier molecular flexibility index (Phi) is 6.99. The smallest absolute Gasteiger partial charge is 0.335 e. The van der Waals surface area contributed by atoms with Crippen LogP contribution in [0.3, 0.4) is 0 Å². The average Bonchev–Trinajstić information content (AvgIpc) is 3.39. The summed E-state index contributed by atoms with van der Waals surface area (Å²) < 4.78 is 1.20. The summed E-state index contributed by atoms with van der Waals surface area (Å²) in [6.07, 6.45) is 11.3. The lowest BCUT2D eigenvalue weighted by molar-refractivity contribution is -0.113. The van der Waals surface area contributed by atoms with Gasteiger partial charge in [-0.15, -0.1) is 10.2 Å². The van der Waals surface area contributed by atoms with Crippen molar-refractivity contribution in [3.63, 3.8) is 0 Å². The molecule has 0 aliphatic heterocycles. The van der Waals surface area contributed by atoms with Crippen molar-refractivity contribution in [2.24, 2.45) is 16.1 Å². The van der Waals surface area contributed by atoms with Gasteiger partial charge in [0.25, 0.3) is 11.9 Å². The third-order valence-electron chi connectivity index (χ3n) is 6.15. The van der Waals surface area contributed by atoms with Crippen molar-refractivity contribution in [1.29, 1.82) is 5.26 Å². The first-order valence-electron chi connectivity index (χ1n) is 11.9. The number of carbonyl (C=O) groups excluding carboxylic acids is 1. The van der Waals surface area contributed by atoms with Crippen LogP contribution in [0.2, 0.25) is 0 Å². The molecule has 0 radical (unpaired) electrons. The van der Waals surface area contributed by atoms with Gasteiger partial charge in [-0.05, 0) is 36.3 Å². The van der Waals surface area contributed by atoms with Crippen molar-refractivity contribution in [3.05, 3.63) is 106 Å². The number of fused-ring (bicyclic) bond motifs is 1. The summed E-state index contributed by atoms with van der Waals surface area (Å²) in [7, 11) is 0. The number of aliphatic hydroxyl groups is 1. The number of allylic oxidation sites excluding steroid dienone is 5. The average molecular weight is 550 g/mol. The predicted octanol–water partition coefficient (Wildman–Crippen LogP) is 3.86. The molecule has 0 fully saturated rings. The Morgan fingerprint density at radius 2 is 1.76 bits per heavy atom. The van der Waals surface area contributed by atoms with E-state index in [4.69, 9.17) is 0 Å². The molecule has 1 amide bonds. The highest BCUT2D eigenvalue weighted by Gasteiger charge is 2.32. The minimum Gasteiger partial charge on any atom is -0.505 e. The number of nitriles is 1. The van der Waals surface area contributed by atoms with Gasteiger partial charge in [0.15, 0.2) is 11.6 Å². The molecule has 14 nitrogen and oxygen atoms in total. The molecule has 41 heavy (non-hydrogen) atoms. The van der Waals surface area contributed by atoms with Gasteiger partial charge < -0.3 is 20.6 Å². The van der Waals surface area contributed by atoms with Crippen LogP contribution in [-0.2, 0) is 4.79 Å². The zero-order valence-corrected chi connectivity index (χ0v) is 20.8. The molecule has 2 aromatic heterocycles. The standard InChI is InChI=1S/C27H18N8O6/c28-12-17-13-31-35(27-29-6-3-7-30-27)23(17)34-33-21-19-5-2-1-4-14(19)11-20(22(21)36)24(37)32-18-9-15(25(38)39)8-16(10-18)26(40)41/h1-10,13-14,36H,11H2,(H,32,37)(H,38,39)(H,40,41). The third-order valence-corrected chi connectivity index (χ3v) is 6.15. The molecule has 14 heteroatoms. The number of carbonyl (C=O) groups is 3. The van der Waals surface area contributed by atoms with Crippen LogP contribution in [0.4, 0.5) is 11.5 Å². The molecule has 0 saturated carbocycles. The number of aliphatic hydroxyl groups excluding tert-OH is 1. The van der Waals surface area contributed by atoms with Crippen molar-refractivity contribution in [2.45, 2.75) is 6.42 Å². The number of benzene rings is 1. The first kappa shape index (κ1) is 26.4. The number of carboxylic acid groups (broad SMARTS) is 2. The molecule has 5 rings (SSSR count). The minimum absolute atomic E-state index is 0.00487. The number of hydrogen-bond acceptors (Lipinski definition) is 10. The van der Waals surface area contributed by atoms with Crippen LogP contribution >= 0.6 is 0 Å². The van der Waals surface area contributed by atoms with Crippen molar-refractivity contribution in [3.8, 4) is 12.0 Å². The number of hydrogen-bond donors (Lipinski definition) is 4. The molecule has 0 saturated heterocycles. The molecule has 0 bridgehead atoms. The summed E-state index contributed by atoms with van der Waals surface area (Å²) in [4.78, 5) is 44.4. The lowest BCUT2D eigenvalue weighted by atomic mass is 9.82. The van der Waals surface area contributed by atoms with E-state index in [1.165, 1.54) is 23.3 Å². The SMILES string of the molecule is N#Cc1cnn(-c2ncccn2)c1N=NC1=C2C=CC=CC2CC(C(=O)Nc2cc(C(=O)O)cc(C(=O)O)c2)=C1O. The molecule has 0 spiro atoms. The molecule has 202 valence electrons. The number of rotatable bonds is 7. The van der Waals surface area contributed by atoms with Crippen LogP contribution in [0.5, 0.6) is 0 Å². The van der Waals surface area contributed by atoms with Gasteiger partial charge in [0.1, 0.15) is 17.3 Å². The van der Waals surface area contributed by atoms with Crippen molar-refractivity contribution < 1.29 is 29.7 Å². The summed E-state index contributed by atoms with van der Waals surface area (Å²) >= 11 is 0. The Labute approximate surface area is 230 Å². The lowest BCUT2D eigenvalue weighted by Gasteiger charge is -2.26. The lowest BCUT2D eigenvalue weighted by Crippen LogP contribution is -2.23. The van der Waals surface area contributed by atoms with Crippen molar-refractivity contribution in [2.75, 3.05) is 5.32 Å². The van der Waals surface area contributed by atoms with E-state index in [0.29, 0.717) is 5.57 Å². The summed E-state index contributed by atoms with van der Waals surface area (Å²) in [5, 5.41) is 54.4. The molecule has 2 heterocycles. The Bertz CT molecular complexity index is 1760. The Morgan fingerprint density at radius 3 is 2.41 bits per heavy atom. The zero-order chi connectivity index (χ0) is 29.1. The molecule has 2 aliphatic carbocycles. The fourth-order valence-corrected chi connectivity index (χ4v) is 4.23. The molecule has 3 aromatic rings. The Balaban J connectivity index is 1.54. The fourth-order valence-electron chi connectivity index (χ4n) is 4.23. The van der Waals surface area contributed by atoms with Gasteiger partial charge in [-0.3, -0.25) is 4.79 Å². The minimum atomic E-state index is -1.38. The van der Waals surface area contributed by atoms with Crippen LogP contribution in [0.15, 0.2) is 100.0 Å². The number of amides is 1. The maximum Gasteiger partial charge on any atom is 0.335 e. The summed E-state index contributed by atoms with van der Waals surface area (Å²) in [6.45, 7) is 0. The number of aromatic carboxylic acids is 2. The van der Waals surface area contributed by atoms with Gasteiger partial charge in [-0.2, -0.15) is 15.0 Å². The second kappa shape index (κ2) is 10.9. The van der Waals surface area contributed by atoms with E-state index in [-0.39, 0.29) is 57.8 Å². The van der Waals surface area contributed by atoms with Crippen molar-refractivity contribution in [1.82, 2.24) is 19.7 Å². The van der Waals surface area contributed by atoms with Gasteiger partial charge in [0, 0.05) is 24.0 Å². The van der Waals surface area contributed by atoms with Gasteiger partial charge in [0.2, 0.25) is 0 Å². The highest BCUT2D eigenvalue weighted by molar-refractivity contribution is 6.06. The first-order valence-corrected chi connectivity index (χ1v) is 11.9. The number of azo groups is 1. The Morgan fingerprint density at radius 1 is 1.05 bits per heavy atom. The normalized spacial score (nSPS) is 16.0. The van der Waals surface area contributed by atoms with E-state index in [1.807, 2.05) is 6.07 Å². The maximum atomic E-state index is 13.3. The van der Waals surface area contributed by atoms with Crippen LogP contribution in [0.1, 0.15) is 32.7 Å². The number of anilines is 1. The van der Waals surface area contributed by atoms with E-state index in [0.717, 1.165) is 18.2 Å². The second-order valence-electron chi connectivity index (χ2n) is 8.70. The number of aromatic nitrogens is 4. The molecule has 1 unspecified atom stereocenters. The summed E-state index contributed by atoms with van der Waals surface area (Å²) in [5.41, 5.74) is -0.277. The van der Waals surface area contributed by atoms with E-state index in [2.05, 4.69) is 30.6 Å². The summed E-state index contributed by atoms with van der Waals surface area (Å²) in [5.74, 6) is -4.29. The van der Waals surface area contributed by atoms with E-state index < -0.39 is 23.6 Å². The number of carboxylic acids is 2. The quantitative estimate of drug-likeness (QED) is 0.311. The second-order valence-corrected chi connectivity index (χ2v) is 8.70.